The molecule has 1 amide bonds. The van der Waals surface area contributed by atoms with Crippen LogP contribution in [-0.2, 0) is 4.79 Å². The minimum atomic E-state index is -0.616. The van der Waals surface area contributed by atoms with Crippen molar-refractivity contribution in [2.75, 3.05) is 0 Å². The summed E-state index contributed by atoms with van der Waals surface area (Å²) in [6, 6.07) is 11.1. The number of benzene rings is 2. The van der Waals surface area contributed by atoms with Gasteiger partial charge in [0, 0.05) is 15.8 Å². The molecule has 1 atom stereocenters. The summed E-state index contributed by atoms with van der Waals surface area (Å²) < 4.78 is 5.66. The van der Waals surface area contributed by atoms with Gasteiger partial charge in [0.05, 0.1) is 0 Å². The van der Waals surface area contributed by atoms with Crippen LogP contribution in [0.3, 0.4) is 0 Å². The zero-order chi connectivity index (χ0) is 13.1. The summed E-state index contributed by atoms with van der Waals surface area (Å²) in [6.45, 7) is 1.85. The molecule has 3 nitrogen and oxygen atoms in total. The number of carbonyl (C=O) groups is 1. The van der Waals surface area contributed by atoms with Crippen molar-refractivity contribution in [1.82, 2.24) is 0 Å². The van der Waals surface area contributed by atoms with Crippen LogP contribution in [0.4, 0.5) is 0 Å². The molecule has 2 rings (SSSR count). The molecule has 0 radical (unpaired) electrons. The van der Waals surface area contributed by atoms with Gasteiger partial charge in [-0.1, -0.05) is 42.8 Å². The maximum absolute atomic E-state index is 11.2. The summed E-state index contributed by atoms with van der Waals surface area (Å²) >= 11 is 6.11. The molecule has 0 fully saturated rings. The van der Waals surface area contributed by atoms with Crippen molar-refractivity contribution in [3.63, 3.8) is 0 Å². The predicted molar refractivity (Wildman–Crippen MR) is 72.9 cm³/mol. The van der Waals surface area contributed by atoms with Gasteiger partial charge in [0.2, 0.25) is 0 Å². The molecular weight excluding hydrogens is 250 g/mol. The van der Waals surface area contributed by atoms with E-state index in [0.29, 0.717) is 17.2 Å². The molecule has 0 saturated carbocycles. The Kier molecular flexibility index (Phi) is 3.72. The number of fused-ring (bicyclic) bond motifs is 1. The molecule has 2 aromatic rings. The summed E-state index contributed by atoms with van der Waals surface area (Å²) in [6.07, 6.45) is -0.0821. The van der Waals surface area contributed by atoms with E-state index in [1.807, 2.05) is 31.2 Å². The first-order valence-corrected chi connectivity index (χ1v) is 6.14. The fraction of sp³-hybridized carbons (Fsp3) is 0.214. The minimum absolute atomic E-state index is 0.462. The summed E-state index contributed by atoms with van der Waals surface area (Å²) in [5.74, 6) is 0.164. The molecule has 2 N–H and O–H groups in total. The third-order valence-electron chi connectivity index (χ3n) is 2.79. The highest BCUT2D eigenvalue weighted by molar-refractivity contribution is 6.35. The summed E-state index contributed by atoms with van der Waals surface area (Å²) in [5, 5.41) is 2.44. The number of amides is 1. The number of carbonyl (C=O) groups excluding carboxylic acids is 1. The summed E-state index contributed by atoms with van der Waals surface area (Å²) in [4.78, 5) is 11.2. The lowest BCUT2D eigenvalue weighted by Crippen LogP contribution is -2.33. The smallest absolute Gasteiger partial charge is 0.258 e. The van der Waals surface area contributed by atoms with Gasteiger partial charge in [0.25, 0.3) is 5.91 Å². The Balaban J connectivity index is 2.45. The molecule has 94 valence electrons. The SMILES string of the molecule is CCC(Oc1ccc(Cl)c2ccccc12)C(N)=O. The molecule has 0 heterocycles. The van der Waals surface area contributed by atoms with E-state index >= 15 is 0 Å². The van der Waals surface area contributed by atoms with Crippen molar-refractivity contribution in [2.45, 2.75) is 19.4 Å². The Morgan fingerprint density at radius 3 is 2.56 bits per heavy atom. The first-order valence-electron chi connectivity index (χ1n) is 5.76. The van der Waals surface area contributed by atoms with Crippen LogP contribution in [0, 0.1) is 0 Å². The van der Waals surface area contributed by atoms with E-state index in [-0.39, 0.29) is 0 Å². The molecule has 0 aliphatic carbocycles. The van der Waals surface area contributed by atoms with Gasteiger partial charge in [-0.15, -0.1) is 0 Å². The molecular formula is C14H14ClNO2. The number of primary amides is 1. The van der Waals surface area contributed by atoms with Crippen molar-refractivity contribution in [1.29, 1.82) is 0 Å². The number of hydrogen-bond acceptors (Lipinski definition) is 2. The van der Waals surface area contributed by atoms with E-state index in [4.69, 9.17) is 22.1 Å². The Hall–Kier alpha value is -1.74. The van der Waals surface area contributed by atoms with E-state index in [1.54, 1.807) is 12.1 Å². The minimum Gasteiger partial charge on any atom is -0.480 e. The molecule has 2 aromatic carbocycles. The van der Waals surface area contributed by atoms with Crippen LogP contribution in [0.5, 0.6) is 5.75 Å². The topological polar surface area (TPSA) is 52.3 Å². The van der Waals surface area contributed by atoms with Crippen LogP contribution in [0.25, 0.3) is 10.8 Å². The second-order valence-electron chi connectivity index (χ2n) is 4.01. The number of nitrogens with two attached hydrogens (primary N) is 1. The lowest BCUT2D eigenvalue weighted by atomic mass is 10.1. The average molecular weight is 264 g/mol. The van der Waals surface area contributed by atoms with Gasteiger partial charge in [0.1, 0.15) is 5.75 Å². The lowest BCUT2D eigenvalue weighted by molar-refractivity contribution is -0.124. The van der Waals surface area contributed by atoms with Gasteiger partial charge in [-0.25, -0.2) is 0 Å². The maximum atomic E-state index is 11.2. The molecule has 0 bridgehead atoms. The van der Waals surface area contributed by atoms with Crippen molar-refractivity contribution in [3.8, 4) is 5.75 Å². The molecule has 0 spiro atoms. The Bertz CT molecular complexity index is 583. The van der Waals surface area contributed by atoms with Gasteiger partial charge in [0.15, 0.2) is 6.10 Å². The molecule has 0 saturated heterocycles. The number of hydrogen-bond donors (Lipinski definition) is 1. The molecule has 18 heavy (non-hydrogen) atoms. The van der Waals surface area contributed by atoms with Crippen LogP contribution in [0.2, 0.25) is 5.02 Å². The van der Waals surface area contributed by atoms with E-state index in [0.717, 1.165) is 10.8 Å². The predicted octanol–water partition coefficient (Wildman–Crippen LogP) is 3.14. The van der Waals surface area contributed by atoms with Crippen molar-refractivity contribution >= 4 is 28.3 Å². The monoisotopic (exact) mass is 263 g/mol. The fourth-order valence-corrected chi connectivity index (χ4v) is 2.06. The Morgan fingerprint density at radius 1 is 1.28 bits per heavy atom. The van der Waals surface area contributed by atoms with Gasteiger partial charge < -0.3 is 10.5 Å². The average Bonchev–Trinajstić information content (AvgIpc) is 2.38. The first-order chi connectivity index (χ1) is 8.63. The molecule has 0 aliphatic heterocycles. The Morgan fingerprint density at radius 2 is 1.94 bits per heavy atom. The second kappa shape index (κ2) is 5.27. The van der Waals surface area contributed by atoms with Gasteiger partial charge in [-0.2, -0.15) is 0 Å². The summed E-state index contributed by atoms with van der Waals surface area (Å²) in [5.41, 5.74) is 5.28. The third-order valence-corrected chi connectivity index (χ3v) is 3.12. The number of rotatable bonds is 4. The molecule has 0 aromatic heterocycles. The van der Waals surface area contributed by atoms with Crippen LogP contribution in [0.15, 0.2) is 36.4 Å². The highest BCUT2D eigenvalue weighted by Crippen LogP contribution is 2.31. The van der Waals surface area contributed by atoms with Crippen molar-refractivity contribution in [2.24, 2.45) is 5.73 Å². The largest absolute Gasteiger partial charge is 0.480 e. The lowest BCUT2D eigenvalue weighted by Gasteiger charge is -2.16. The molecule has 4 heteroatoms. The quantitative estimate of drug-likeness (QED) is 0.921. The van der Waals surface area contributed by atoms with Crippen molar-refractivity contribution in [3.05, 3.63) is 41.4 Å². The van der Waals surface area contributed by atoms with Crippen LogP contribution >= 0.6 is 11.6 Å². The highest BCUT2D eigenvalue weighted by atomic mass is 35.5. The van der Waals surface area contributed by atoms with Crippen molar-refractivity contribution < 1.29 is 9.53 Å². The van der Waals surface area contributed by atoms with Crippen LogP contribution in [-0.4, -0.2) is 12.0 Å². The number of ether oxygens (including phenoxy) is 1. The van der Waals surface area contributed by atoms with E-state index in [2.05, 4.69) is 0 Å². The third kappa shape index (κ3) is 2.41. The second-order valence-corrected chi connectivity index (χ2v) is 4.42. The normalized spacial score (nSPS) is 12.3. The van der Waals surface area contributed by atoms with Gasteiger partial charge >= 0.3 is 0 Å². The van der Waals surface area contributed by atoms with Crippen LogP contribution < -0.4 is 10.5 Å². The molecule has 0 aliphatic rings. The standard InChI is InChI=1S/C14H14ClNO2/c1-2-12(14(16)17)18-13-8-7-11(15)9-5-3-4-6-10(9)13/h3-8,12H,2H2,1H3,(H2,16,17). The van der Waals surface area contributed by atoms with E-state index in [1.165, 1.54) is 0 Å². The zero-order valence-corrected chi connectivity index (χ0v) is 10.8. The van der Waals surface area contributed by atoms with Crippen LogP contribution in [0.1, 0.15) is 13.3 Å². The maximum Gasteiger partial charge on any atom is 0.258 e. The fourth-order valence-electron chi connectivity index (χ4n) is 1.83. The first kappa shape index (κ1) is 12.7. The number of halogens is 1. The summed E-state index contributed by atoms with van der Waals surface area (Å²) in [7, 11) is 0. The Labute approximate surface area is 110 Å². The zero-order valence-electron chi connectivity index (χ0n) is 10.0. The van der Waals surface area contributed by atoms with Gasteiger partial charge in [-0.3, -0.25) is 4.79 Å². The van der Waals surface area contributed by atoms with Gasteiger partial charge in [-0.05, 0) is 18.6 Å². The highest BCUT2D eigenvalue weighted by Gasteiger charge is 2.16. The molecule has 1 unspecified atom stereocenters. The van der Waals surface area contributed by atoms with E-state index in [9.17, 15) is 4.79 Å². The van der Waals surface area contributed by atoms with E-state index < -0.39 is 12.0 Å².